The van der Waals surface area contributed by atoms with Gasteiger partial charge in [0.05, 0.1) is 33.3 Å². The molecule has 35 heavy (non-hydrogen) atoms. The summed E-state index contributed by atoms with van der Waals surface area (Å²) in [4.78, 5) is 33.3. The fourth-order valence-electron chi connectivity index (χ4n) is 3.22. The van der Waals surface area contributed by atoms with Crippen molar-refractivity contribution in [1.29, 1.82) is 0 Å². The molecule has 0 unspecified atom stereocenters. The number of benzene rings is 2. The van der Waals surface area contributed by atoms with E-state index in [4.69, 9.17) is 4.74 Å². The van der Waals surface area contributed by atoms with Gasteiger partial charge in [-0.15, -0.1) is 0 Å². The molecule has 14 nitrogen and oxygen atoms in total. The molecule has 4 aromatic rings. The Morgan fingerprint density at radius 3 is 2.26 bits per heavy atom. The van der Waals surface area contributed by atoms with Crippen LogP contribution in [0.5, 0.6) is 5.88 Å². The Labute approximate surface area is 197 Å². The molecule has 0 aliphatic rings. The van der Waals surface area contributed by atoms with E-state index in [1.54, 1.807) is 0 Å². The van der Waals surface area contributed by atoms with Gasteiger partial charge in [0.1, 0.15) is 11.2 Å². The number of non-ortho nitro benzene ring substituents is 1. The van der Waals surface area contributed by atoms with E-state index in [1.807, 2.05) is 0 Å². The van der Waals surface area contributed by atoms with Crippen LogP contribution in [0.2, 0.25) is 0 Å². The lowest BCUT2D eigenvalue weighted by Crippen LogP contribution is -2.15. The molecule has 0 fully saturated rings. The number of nitrogens with zero attached hydrogens (tertiary/aromatic N) is 5. The highest BCUT2D eigenvalue weighted by Crippen LogP contribution is 2.39. The minimum Gasteiger partial charge on any atom is -0.478 e. The van der Waals surface area contributed by atoms with Crippen molar-refractivity contribution in [3.05, 3.63) is 81.3 Å². The second-order valence-electron chi connectivity index (χ2n) is 6.87. The number of nitro groups is 2. The van der Waals surface area contributed by atoms with Crippen LogP contribution >= 0.6 is 0 Å². The van der Waals surface area contributed by atoms with Gasteiger partial charge in [-0.25, -0.2) is 18.4 Å². The number of methoxy groups -OCH3 is 1. The molecule has 0 aliphatic heterocycles. The van der Waals surface area contributed by atoms with Gasteiger partial charge in [0.15, 0.2) is 0 Å². The van der Waals surface area contributed by atoms with E-state index in [-0.39, 0.29) is 38.9 Å². The molecule has 15 heteroatoms. The van der Waals surface area contributed by atoms with Crippen molar-refractivity contribution in [3.63, 3.8) is 0 Å². The second kappa shape index (κ2) is 9.14. The van der Waals surface area contributed by atoms with Gasteiger partial charge in [-0.1, -0.05) is 0 Å². The lowest BCUT2D eigenvalue weighted by atomic mass is 10.1. The fourth-order valence-corrected chi connectivity index (χ4v) is 4.23. The fraction of sp³-hybridized carbons (Fsp3) is 0.0500. The van der Waals surface area contributed by atoms with Crippen LogP contribution in [0.1, 0.15) is 0 Å². The van der Waals surface area contributed by atoms with Gasteiger partial charge in [-0.2, -0.15) is 0 Å². The molecule has 0 spiro atoms. The van der Waals surface area contributed by atoms with E-state index < -0.39 is 31.2 Å². The first-order valence-corrected chi connectivity index (χ1v) is 11.1. The van der Waals surface area contributed by atoms with Crippen molar-refractivity contribution in [3.8, 4) is 5.88 Å². The minimum absolute atomic E-state index is 0.0146. The first-order chi connectivity index (χ1) is 16.7. The van der Waals surface area contributed by atoms with E-state index in [0.717, 1.165) is 6.07 Å². The Balaban J connectivity index is 1.69. The normalized spacial score (nSPS) is 11.1. The zero-order valence-corrected chi connectivity index (χ0v) is 18.6. The zero-order valence-electron chi connectivity index (χ0n) is 17.8. The molecular formula is C20H15N7O7S. The van der Waals surface area contributed by atoms with E-state index in [0.29, 0.717) is 0 Å². The summed E-state index contributed by atoms with van der Waals surface area (Å²) < 4.78 is 32.7. The topological polar surface area (TPSA) is 192 Å². The molecule has 0 amide bonds. The molecule has 178 valence electrons. The van der Waals surface area contributed by atoms with Crippen LogP contribution in [0.4, 0.5) is 28.6 Å². The van der Waals surface area contributed by atoms with E-state index >= 15 is 0 Å². The summed E-state index contributed by atoms with van der Waals surface area (Å²) in [5, 5.41) is 26.0. The predicted molar refractivity (Wildman–Crippen MR) is 124 cm³/mol. The minimum atomic E-state index is -4.06. The molecule has 2 aromatic heterocycles. The number of anilines is 3. The van der Waals surface area contributed by atoms with Gasteiger partial charge < -0.3 is 10.1 Å². The lowest BCUT2D eigenvalue weighted by molar-refractivity contribution is -0.392. The molecule has 4 rings (SSSR count). The SMILES string of the molecule is COc1nccnc1NS(=O)(=O)c1ccc(Nc2c([N+](=O)[O-])cc([N+](=O)[O-])c3cccnc23)cc1. The third-order valence-corrected chi connectivity index (χ3v) is 6.12. The molecule has 2 N–H and O–H groups in total. The monoisotopic (exact) mass is 497 g/mol. The Morgan fingerprint density at radius 1 is 0.914 bits per heavy atom. The molecule has 0 aliphatic carbocycles. The van der Waals surface area contributed by atoms with Crippen molar-refractivity contribution in [2.24, 2.45) is 0 Å². The maximum atomic E-state index is 12.7. The van der Waals surface area contributed by atoms with Gasteiger partial charge >= 0.3 is 5.69 Å². The van der Waals surface area contributed by atoms with E-state index in [2.05, 4.69) is 25.0 Å². The molecule has 2 aromatic carbocycles. The van der Waals surface area contributed by atoms with Gasteiger partial charge in [0.2, 0.25) is 5.82 Å². The standard InChI is InChI=1S/C20H15N7O7S/c1-34-20-19(22-9-10-23-20)25-35(32,33)13-6-4-12(5-7-13)24-18-16(27(30)31)11-15(26(28)29)14-3-2-8-21-17(14)18/h2-11,24H,1H3,(H,22,25). The van der Waals surface area contributed by atoms with Crippen molar-refractivity contribution < 1.29 is 23.0 Å². The molecule has 0 saturated carbocycles. The molecule has 0 radical (unpaired) electrons. The number of sulfonamides is 1. The summed E-state index contributed by atoms with van der Waals surface area (Å²) in [6, 6.07) is 9.04. The smallest absolute Gasteiger partial charge is 0.301 e. The van der Waals surface area contributed by atoms with Crippen LogP contribution in [-0.4, -0.2) is 40.3 Å². The number of hydrogen-bond acceptors (Lipinski definition) is 11. The third-order valence-electron chi connectivity index (χ3n) is 4.77. The first-order valence-electron chi connectivity index (χ1n) is 9.66. The Bertz CT molecular complexity index is 1560. The number of ether oxygens (including phenoxy) is 1. The molecule has 0 saturated heterocycles. The van der Waals surface area contributed by atoms with Crippen LogP contribution in [0.25, 0.3) is 10.9 Å². The van der Waals surface area contributed by atoms with Crippen LogP contribution in [-0.2, 0) is 10.0 Å². The van der Waals surface area contributed by atoms with Crippen LogP contribution in [0.3, 0.4) is 0 Å². The van der Waals surface area contributed by atoms with Crippen molar-refractivity contribution >= 4 is 49.5 Å². The van der Waals surface area contributed by atoms with E-state index in [9.17, 15) is 28.6 Å². The van der Waals surface area contributed by atoms with E-state index in [1.165, 1.54) is 62.1 Å². The van der Waals surface area contributed by atoms with Gasteiger partial charge in [0, 0.05) is 24.3 Å². The summed E-state index contributed by atoms with van der Waals surface area (Å²) in [6.07, 6.45) is 3.99. The average Bonchev–Trinajstić information content (AvgIpc) is 2.84. The predicted octanol–water partition coefficient (Wildman–Crippen LogP) is 3.39. The van der Waals surface area contributed by atoms with Crippen molar-refractivity contribution in [2.75, 3.05) is 17.1 Å². The molecule has 0 atom stereocenters. The van der Waals surface area contributed by atoms with Gasteiger partial charge in [-0.05, 0) is 36.4 Å². The summed E-state index contributed by atoms with van der Waals surface area (Å²) in [6.45, 7) is 0. The summed E-state index contributed by atoms with van der Waals surface area (Å²) in [5.41, 5.74) is -0.797. The third kappa shape index (κ3) is 4.60. The molecular weight excluding hydrogens is 482 g/mol. The maximum Gasteiger partial charge on any atom is 0.301 e. The van der Waals surface area contributed by atoms with Gasteiger partial charge in [-0.3, -0.25) is 29.9 Å². The average molecular weight is 497 g/mol. The van der Waals surface area contributed by atoms with Crippen molar-refractivity contribution in [2.45, 2.75) is 4.90 Å². The number of hydrogen-bond donors (Lipinski definition) is 2. The van der Waals surface area contributed by atoms with Crippen LogP contribution < -0.4 is 14.8 Å². The Hall–Kier alpha value is -4.92. The van der Waals surface area contributed by atoms with Crippen molar-refractivity contribution in [1.82, 2.24) is 15.0 Å². The summed E-state index contributed by atoms with van der Waals surface area (Å²) in [7, 11) is -2.75. The molecule has 2 heterocycles. The number of fused-ring (bicyclic) bond motifs is 1. The van der Waals surface area contributed by atoms with Crippen LogP contribution in [0, 0.1) is 20.2 Å². The quantitative estimate of drug-likeness (QED) is 0.268. The number of aromatic nitrogens is 3. The number of nitrogens with one attached hydrogen (secondary N) is 2. The van der Waals surface area contributed by atoms with Gasteiger partial charge in [0.25, 0.3) is 21.6 Å². The maximum absolute atomic E-state index is 12.7. The number of pyridine rings is 1. The Kier molecular flexibility index (Phi) is 6.07. The zero-order chi connectivity index (χ0) is 25.2. The Morgan fingerprint density at radius 2 is 1.60 bits per heavy atom. The summed E-state index contributed by atoms with van der Waals surface area (Å²) in [5.74, 6) is -0.115. The highest BCUT2D eigenvalue weighted by atomic mass is 32.2. The summed E-state index contributed by atoms with van der Waals surface area (Å²) >= 11 is 0. The van der Waals surface area contributed by atoms with Crippen LogP contribution in [0.15, 0.2) is 66.0 Å². The highest BCUT2D eigenvalue weighted by Gasteiger charge is 2.27. The highest BCUT2D eigenvalue weighted by molar-refractivity contribution is 7.92. The second-order valence-corrected chi connectivity index (χ2v) is 8.56. The number of nitro benzene ring substituents is 2. The first kappa shape index (κ1) is 23.2. The molecule has 0 bridgehead atoms. The number of rotatable bonds is 8. The largest absolute Gasteiger partial charge is 0.478 e. The lowest BCUT2D eigenvalue weighted by Gasteiger charge is -2.12.